The summed E-state index contributed by atoms with van der Waals surface area (Å²) in [5, 5.41) is 5.61. The van der Waals surface area contributed by atoms with E-state index in [0.29, 0.717) is 5.92 Å². The van der Waals surface area contributed by atoms with Crippen molar-refractivity contribution >= 4 is 17.8 Å². The van der Waals surface area contributed by atoms with Crippen LogP contribution in [-0.4, -0.2) is 40.9 Å². The molecule has 0 aromatic carbocycles. The molecular weight excluding hydrogens is 282 g/mol. The third-order valence-corrected chi connectivity index (χ3v) is 4.58. The number of hydrogen-bond donors (Lipinski definition) is 2. The number of urea groups is 1. The molecule has 2 atom stereocenters. The Bertz CT molecular complexity index is 473. The molecule has 2 aliphatic rings. The zero-order valence-electron chi connectivity index (χ0n) is 13.9. The molecule has 124 valence electrons. The topological polar surface area (TPSA) is 78.5 Å². The molecule has 2 rings (SSSR count). The SMILES string of the molecule is CC(C)CCC(C)NC(=O)CN1C(=O)NC(C)(C2CC2)C1=O. The van der Waals surface area contributed by atoms with Gasteiger partial charge in [0.15, 0.2) is 0 Å². The summed E-state index contributed by atoms with van der Waals surface area (Å²) in [7, 11) is 0. The molecule has 4 amide bonds. The minimum Gasteiger partial charge on any atom is -0.352 e. The van der Waals surface area contributed by atoms with E-state index in [1.807, 2.05) is 6.92 Å². The predicted octanol–water partition coefficient (Wildman–Crippen LogP) is 1.65. The predicted molar refractivity (Wildman–Crippen MR) is 83.1 cm³/mol. The maximum atomic E-state index is 12.4. The molecule has 0 aromatic rings. The molecular formula is C16H27N3O3. The monoisotopic (exact) mass is 309 g/mol. The van der Waals surface area contributed by atoms with Crippen molar-refractivity contribution in [2.24, 2.45) is 11.8 Å². The van der Waals surface area contributed by atoms with Gasteiger partial charge < -0.3 is 10.6 Å². The van der Waals surface area contributed by atoms with Crippen LogP contribution >= 0.6 is 0 Å². The molecule has 0 spiro atoms. The summed E-state index contributed by atoms with van der Waals surface area (Å²) in [4.78, 5) is 37.5. The largest absolute Gasteiger partial charge is 0.352 e. The lowest BCUT2D eigenvalue weighted by Gasteiger charge is -2.21. The lowest BCUT2D eigenvalue weighted by Crippen LogP contribution is -2.47. The summed E-state index contributed by atoms with van der Waals surface area (Å²) < 4.78 is 0. The zero-order chi connectivity index (χ0) is 16.5. The van der Waals surface area contributed by atoms with Crippen molar-refractivity contribution in [3.05, 3.63) is 0 Å². The van der Waals surface area contributed by atoms with Crippen LogP contribution in [-0.2, 0) is 9.59 Å². The molecule has 1 heterocycles. The average molecular weight is 309 g/mol. The third-order valence-electron chi connectivity index (χ3n) is 4.58. The number of nitrogens with zero attached hydrogens (tertiary/aromatic N) is 1. The second kappa shape index (κ2) is 6.26. The smallest absolute Gasteiger partial charge is 0.325 e. The summed E-state index contributed by atoms with van der Waals surface area (Å²) in [6.07, 6.45) is 3.83. The van der Waals surface area contributed by atoms with Crippen LogP contribution in [0.1, 0.15) is 53.4 Å². The van der Waals surface area contributed by atoms with E-state index in [9.17, 15) is 14.4 Å². The lowest BCUT2D eigenvalue weighted by atomic mass is 9.96. The highest BCUT2D eigenvalue weighted by molar-refractivity contribution is 6.09. The lowest BCUT2D eigenvalue weighted by molar-refractivity contribution is -0.135. The van der Waals surface area contributed by atoms with Gasteiger partial charge in [-0.3, -0.25) is 14.5 Å². The first-order chi connectivity index (χ1) is 10.2. The Morgan fingerprint density at radius 1 is 1.32 bits per heavy atom. The molecule has 1 saturated carbocycles. The minimum atomic E-state index is -0.819. The van der Waals surface area contributed by atoms with E-state index >= 15 is 0 Å². The van der Waals surface area contributed by atoms with Crippen LogP contribution in [0, 0.1) is 11.8 Å². The molecule has 1 saturated heterocycles. The molecule has 22 heavy (non-hydrogen) atoms. The molecule has 2 fully saturated rings. The van der Waals surface area contributed by atoms with Gasteiger partial charge in [0.05, 0.1) is 0 Å². The van der Waals surface area contributed by atoms with Crippen LogP contribution in [0.15, 0.2) is 0 Å². The normalized spacial score (nSPS) is 26.3. The highest BCUT2D eigenvalue weighted by atomic mass is 16.2. The van der Waals surface area contributed by atoms with E-state index in [1.54, 1.807) is 6.92 Å². The molecule has 0 bridgehead atoms. The summed E-state index contributed by atoms with van der Waals surface area (Å²) in [5.41, 5.74) is -0.819. The van der Waals surface area contributed by atoms with Gasteiger partial charge in [0.2, 0.25) is 5.91 Å². The summed E-state index contributed by atoms with van der Waals surface area (Å²) >= 11 is 0. The standard InChI is InChI=1S/C16H27N3O3/c1-10(2)5-6-11(3)17-13(20)9-19-14(21)16(4,12-7-8-12)18-15(19)22/h10-12H,5-9H2,1-4H3,(H,17,20)(H,18,22). The van der Waals surface area contributed by atoms with Gasteiger partial charge in [0.1, 0.15) is 12.1 Å². The average Bonchev–Trinajstić information content (AvgIpc) is 3.23. The number of amides is 4. The number of rotatable bonds is 7. The van der Waals surface area contributed by atoms with Gasteiger partial charge in [-0.2, -0.15) is 0 Å². The van der Waals surface area contributed by atoms with Crippen LogP contribution in [0.5, 0.6) is 0 Å². The summed E-state index contributed by atoms with van der Waals surface area (Å²) in [5.74, 6) is 0.247. The molecule has 2 N–H and O–H groups in total. The number of carbonyl (C=O) groups is 3. The summed E-state index contributed by atoms with van der Waals surface area (Å²) in [6.45, 7) is 7.79. The van der Waals surface area contributed by atoms with Crippen LogP contribution in [0.2, 0.25) is 0 Å². The Morgan fingerprint density at radius 2 is 1.95 bits per heavy atom. The van der Waals surface area contributed by atoms with Crippen LogP contribution < -0.4 is 10.6 Å². The fourth-order valence-corrected chi connectivity index (χ4v) is 2.92. The quantitative estimate of drug-likeness (QED) is 0.702. The maximum Gasteiger partial charge on any atom is 0.325 e. The minimum absolute atomic E-state index is 0.0467. The second-order valence-electron chi connectivity index (χ2n) is 7.24. The molecule has 2 unspecified atom stereocenters. The van der Waals surface area contributed by atoms with Gasteiger partial charge in [-0.15, -0.1) is 0 Å². The fourth-order valence-electron chi connectivity index (χ4n) is 2.92. The van der Waals surface area contributed by atoms with Gasteiger partial charge >= 0.3 is 6.03 Å². The number of carbonyl (C=O) groups excluding carboxylic acids is 3. The molecule has 1 aliphatic carbocycles. The Hall–Kier alpha value is -1.59. The Kier molecular flexibility index (Phi) is 4.78. The van der Waals surface area contributed by atoms with Gasteiger partial charge in [-0.1, -0.05) is 13.8 Å². The highest BCUT2D eigenvalue weighted by Gasteiger charge is 2.56. The molecule has 6 nitrogen and oxygen atoms in total. The van der Waals surface area contributed by atoms with Gasteiger partial charge in [-0.05, 0) is 51.4 Å². The van der Waals surface area contributed by atoms with Crippen molar-refractivity contribution in [2.75, 3.05) is 6.54 Å². The van der Waals surface area contributed by atoms with E-state index in [2.05, 4.69) is 24.5 Å². The number of imide groups is 1. The molecule has 1 aliphatic heterocycles. The van der Waals surface area contributed by atoms with E-state index in [0.717, 1.165) is 30.6 Å². The van der Waals surface area contributed by atoms with Crippen molar-refractivity contribution in [3.8, 4) is 0 Å². The Morgan fingerprint density at radius 3 is 2.50 bits per heavy atom. The van der Waals surface area contributed by atoms with Gasteiger partial charge in [0, 0.05) is 6.04 Å². The molecule has 0 aromatic heterocycles. The van der Waals surface area contributed by atoms with Gasteiger partial charge in [-0.25, -0.2) is 4.79 Å². The summed E-state index contributed by atoms with van der Waals surface area (Å²) in [6, 6.07) is -0.408. The van der Waals surface area contributed by atoms with E-state index in [4.69, 9.17) is 0 Å². The van der Waals surface area contributed by atoms with Crippen molar-refractivity contribution < 1.29 is 14.4 Å². The first-order valence-electron chi connectivity index (χ1n) is 8.17. The van der Waals surface area contributed by atoms with Crippen molar-refractivity contribution in [3.63, 3.8) is 0 Å². The Labute approximate surface area is 132 Å². The fraction of sp³-hybridized carbons (Fsp3) is 0.812. The first-order valence-corrected chi connectivity index (χ1v) is 8.17. The highest BCUT2D eigenvalue weighted by Crippen LogP contribution is 2.42. The third kappa shape index (κ3) is 3.59. The maximum absolute atomic E-state index is 12.4. The molecule has 6 heteroatoms. The van der Waals surface area contributed by atoms with Crippen LogP contribution in [0.25, 0.3) is 0 Å². The van der Waals surface area contributed by atoms with Crippen molar-refractivity contribution in [2.45, 2.75) is 65.0 Å². The van der Waals surface area contributed by atoms with E-state index in [-0.39, 0.29) is 30.3 Å². The van der Waals surface area contributed by atoms with Crippen molar-refractivity contribution in [1.29, 1.82) is 0 Å². The number of nitrogens with one attached hydrogen (secondary N) is 2. The zero-order valence-corrected chi connectivity index (χ0v) is 13.9. The van der Waals surface area contributed by atoms with Crippen molar-refractivity contribution in [1.82, 2.24) is 15.5 Å². The molecule has 0 radical (unpaired) electrons. The van der Waals surface area contributed by atoms with Crippen LogP contribution in [0.4, 0.5) is 4.79 Å². The van der Waals surface area contributed by atoms with Gasteiger partial charge in [0.25, 0.3) is 5.91 Å². The second-order valence-corrected chi connectivity index (χ2v) is 7.24. The van der Waals surface area contributed by atoms with E-state index < -0.39 is 11.6 Å². The Balaban J connectivity index is 1.86. The first kappa shape index (κ1) is 16.8. The van der Waals surface area contributed by atoms with Crippen LogP contribution in [0.3, 0.4) is 0 Å². The number of hydrogen-bond acceptors (Lipinski definition) is 3. The van der Waals surface area contributed by atoms with E-state index in [1.165, 1.54) is 0 Å².